The molecule has 1 aromatic carbocycles. The van der Waals surface area contributed by atoms with Crippen LogP contribution in [0.3, 0.4) is 0 Å². The van der Waals surface area contributed by atoms with Crippen LogP contribution >= 0.6 is 0 Å². The van der Waals surface area contributed by atoms with Crippen LogP contribution in [0, 0.1) is 11.8 Å². The lowest BCUT2D eigenvalue weighted by molar-refractivity contribution is 0.230. The van der Waals surface area contributed by atoms with Crippen molar-refractivity contribution >= 4 is 0 Å². The number of hydrogen-bond acceptors (Lipinski definition) is 1. The molecular formula is C30H43N. The van der Waals surface area contributed by atoms with Gasteiger partial charge >= 0.3 is 0 Å². The molecule has 0 bridgehead atoms. The normalized spacial score (nSPS) is 19.8. The molecule has 1 fully saturated rings. The highest BCUT2D eigenvalue weighted by molar-refractivity contribution is 5.59. The average Bonchev–Trinajstić information content (AvgIpc) is 2.82. The van der Waals surface area contributed by atoms with Crippen molar-refractivity contribution in [2.75, 3.05) is 0 Å². The number of unbranched alkanes of at least 4 members (excludes halogenated alkanes) is 3. The zero-order valence-corrected chi connectivity index (χ0v) is 20.0. The van der Waals surface area contributed by atoms with Crippen LogP contribution in [0.5, 0.6) is 0 Å². The predicted molar refractivity (Wildman–Crippen MR) is 135 cm³/mol. The monoisotopic (exact) mass is 417 g/mol. The van der Waals surface area contributed by atoms with E-state index in [1.807, 2.05) is 0 Å². The van der Waals surface area contributed by atoms with E-state index in [1.54, 1.807) is 0 Å². The molecule has 1 unspecified atom stereocenters. The van der Waals surface area contributed by atoms with E-state index >= 15 is 0 Å². The minimum absolute atomic E-state index is 0.618. The molecule has 1 aliphatic carbocycles. The summed E-state index contributed by atoms with van der Waals surface area (Å²) >= 11 is 0. The Bertz CT molecular complexity index is 750. The number of allylic oxidation sites excluding steroid dienone is 1. The zero-order chi connectivity index (χ0) is 21.9. The fraction of sp³-hybridized carbons (Fsp3) is 0.567. The van der Waals surface area contributed by atoms with Gasteiger partial charge in [-0.25, -0.2) is 0 Å². The molecule has 1 aromatic heterocycles. The average molecular weight is 418 g/mol. The Hall–Kier alpha value is -1.89. The number of pyridine rings is 1. The Morgan fingerprint density at radius 3 is 2.29 bits per heavy atom. The first kappa shape index (κ1) is 23.8. The molecule has 0 radical (unpaired) electrons. The predicted octanol–water partition coefficient (Wildman–Crippen LogP) is 9.14. The highest BCUT2D eigenvalue weighted by atomic mass is 14.7. The van der Waals surface area contributed by atoms with Gasteiger partial charge in [-0.2, -0.15) is 0 Å². The van der Waals surface area contributed by atoms with Gasteiger partial charge in [0, 0.05) is 11.8 Å². The smallest absolute Gasteiger partial charge is 0.0702 e. The third-order valence-corrected chi connectivity index (χ3v) is 7.38. The van der Waals surface area contributed by atoms with E-state index in [4.69, 9.17) is 4.98 Å². The van der Waals surface area contributed by atoms with Gasteiger partial charge in [-0.3, -0.25) is 4.98 Å². The number of nitrogens with zero attached hydrogens (tertiary/aromatic N) is 1. The second-order valence-electron chi connectivity index (χ2n) is 9.68. The SMILES string of the molecule is C=CCC(c1ccc(-c2ccc(CCCC)cn2)cc1)C1CCC(CCCCC)CC1. The molecule has 2 aromatic rings. The lowest BCUT2D eigenvalue weighted by Crippen LogP contribution is -2.20. The van der Waals surface area contributed by atoms with Crippen molar-refractivity contribution in [2.24, 2.45) is 11.8 Å². The van der Waals surface area contributed by atoms with Crippen molar-refractivity contribution in [3.05, 3.63) is 66.4 Å². The van der Waals surface area contributed by atoms with E-state index in [9.17, 15) is 0 Å². The van der Waals surface area contributed by atoms with E-state index < -0.39 is 0 Å². The molecule has 1 nitrogen and oxygen atoms in total. The highest BCUT2D eigenvalue weighted by Crippen LogP contribution is 2.41. The first-order valence-electron chi connectivity index (χ1n) is 12.9. The Kier molecular flexibility index (Phi) is 9.85. The molecule has 0 saturated heterocycles. The summed E-state index contributed by atoms with van der Waals surface area (Å²) in [5.41, 5.74) is 5.14. The molecule has 1 heterocycles. The number of rotatable bonds is 12. The molecule has 0 amide bonds. The van der Waals surface area contributed by atoms with Crippen LogP contribution in [0.1, 0.15) is 102 Å². The Balaban J connectivity index is 1.61. The van der Waals surface area contributed by atoms with Crippen LogP contribution in [0.2, 0.25) is 0 Å². The largest absolute Gasteiger partial charge is 0.256 e. The fourth-order valence-electron chi connectivity index (χ4n) is 5.37. The maximum Gasteiger partial charge on any atom is 0.0702 e. The third kappa shape index (κ3) is 7.06. The van der Waals surface area contributed by atoms with E-state index in [1.165, 1.54) is 80.9 Å². The van der Waals surface area contributed by atoms with E-state index in [2.05, 4.69) is 69.1 Å². The van der Waals surface area contributed by atoms with Crippen molar-refractivity contribution < 1.29 is 0 Å². The molecule has 0 aliphatic heterocycles. The van der Waals surface area contributed by atoms with Gasteiger partial charge in [0.1, 0.15) is 0 Å². The van der Waals surface area contributed by atoms with Crippen molar-refractivity contribution in [3.63, 3.8) is 0 Å². The van der Waals surface area contributed by atoms with Crippen LogP contribution in [0.15, 0.2) is 55.3 Å². The van der Waals surface area contributed by atoms with Gasteiger partial charge in [0.2, 0.25) is 0 Å². The minimum Gasteiger partial charge on any atom is -0.256 e. The number of aromatic nitrogens is 1. The Morgan fingerprint density at radius 1 is 0.935 bits per heavy atom. The summed E-state index contributed by atoms with van der Waals surface area (Å²) in [6.07, 6.45) is 20.1. The second kappa shape index (κ2) is 12.8. The molecule has 3 rings (SSSR count). The Labute approximate surface area is 191 Å². The number of aryl methyl sites for hydroxylation is 1. The Morgan fingerprint density at radius 2 is 1.68 bits per heavy atom. The summed E-state index contributed by atoms with van der Waals surface area (Å²) in [7, 11) is 0. The third-order valence-electron chi connectivity index (χ3n) is 7.38. The van der Waals surface area contributed by atoms with Gasteiger partial charge in [0.05, 0.1) is 5.69 Å². The summed E-state index contributed by atoms with van der Waals surface area (Å²) < 4.78 is 0. The van der Waals surface area contributed by atoms with Gasteiger partial charge < -0.3 is 0 Å². The molecule has 0 N–H and O–H groups in total. The fourth-order valence-corrected chi connectivity index (χ4v) is 5.37. The summed E-state index contributed by atoms with van der Waals surface area (Å²) in [4.78, 5) is 4.73. The minimum atomic E-state index is 0.618. The maximum atomic E-state index is 4.73. The van der Waals surface area contributed by atoms with Crippen molar-refractivity contribution in [3.8, 4) is 11.3 Å². The maximum absolute atomic E-state index is 4.73. The summed E-state index contributed by atoms with van der Waals surface area (Å²) in [5.74, 6) is 2.40. The molecule has 168 valence electrons. The van der Waals surface area contributed by atoms with Gasteiger partial charge in [0.15, 0.2) is 0 Å². The van der Waals surface area contributed by atoms with Crippen LogP contribution in [-0.4, -0.2) is 4.98 Å². The molecule has 31 heavy (non-hydrogen) atoms. The van der Waals surface area contributed by atoms with Crippen LogP contribution in [0.4, 0.5) is 0 Å². The topological polar surface area (TPSA) is 12.9 Å². The molecule has 1 atom stereocenters. The molecule has 0 spiro atoms. The van der Waals surface area contributed by atoms with Crippen LogP contribution < -0.4 is 0 Å². The van der Waals surface area contributed by atoms with E-state index in [0.717, 1.165) is 30.4 Å². The lowest BCUT2D eigenvalue weighted by atomic mass is 9.71. The zero-order valence-electron chi connectivity index (χ0n) is 20.0. The number of benzene rings is 1. The summed E-state index contributed by atoms with van der Waals surface area (Å²) in [6, 6.07) is 13.7. The first-order valence-corrected chi connectivity index (χ1v) is 12.9. The standard InChI is InChI=1S/C30H43N/c1-4-7-9-12-24-13-16-26(17-14-24)29(10-6-3)27-18-20-28(21-19-27)30-22-15-25(23-31-30)11-8-5-2/h6,15,18-24,26,29H,3-5,7-14,16-17H2,1-2H3. The molecule has 1 heteroatoms. The van der Waals surface area contributed by atoms with Gasteiger partial charge in [-0.1, -0.05) is 95.2 Å². The van der Waals surface area contributed by atoms with Crippen molar-refractivity contribution in [2.45, 2.75) is 96.8 Å². The molecule has 1 aliphatic rings. The van der Waals surface area contributed by atoms with E-state index in [0.29, 0.717) is 5.92 Å². The van der Waals surface area contributed by atoms with Gasteiger partial charge in [-0.05, 0) is 67.1 Å². The quantitative estimate of drug-likeness (QED) is 0.248. The lowest BCUT2D eigenvalue weighted by Gasteiger charge is -2.34. The van der Waals surface area contributed by atoms with Crippen LogP contribution in [-0.2, 0) is 6.42 Å². The molecule has 1 saturated carbocycles. The van der Waals surface area contributed by atoms with Crippen molar-refractivity contribution in [1.82, 2.24) is 4.98 Å². The first-order chi connectivity index (χ1) is 15.2. The summed E-state index contributed by atoms with van der Waals surface area (Å²) in [5, 5.41) is 0. The number of hydrogen-bond donors (Lipinski definition) is 0. The highest BCUT2D eigenvalue weighted by Gasteiger charge is 2.27. The molecular weight excluding hydrogens is 374 g/mol. The summed E-state index contributed by atoms with van der Waals surface area (Å²) in [6.45, 7) is 8.61. The van der Waals surface area contributed by atoms with E-state index in [-0.39, 0.29) is 0 Å². The van der Waals surface area contributed by atoms with Crippen LogP contribution in [0.25, 0.3) is 11.3 Å². The van der Waals surface area contributed by atoms with Gasteiger partial charge in [0.25, 0.3) is 0 Å². The second-order valence-corrected chi connectivity index (χ2v) is 9.68. The van der Waals surface area contributed by atoms with Crippen molar-refractivity contribution in [1.29, 1.82) is 0 Å². The van der Waals surface area contributed by atoms with Gasteiger partial charge in [-0.15, -0.1) is 6.58 Å².